The molecule has 108 valence electrons. The molecular formula is C15H31NO2. The molecule has 18 heavy (non-hydrogen) atoms. The summed E-state index contributed by atoms with van der Waals surface area (Å²) in [6.07, 6.45) is 4.50. The average Bonchev–Trinajstić information content (AvgIpc) is 2.33. The first-order chi connectivity index (χ1) is 8.56. The van der Waals surface area contributed by atoms with E-state index >= 15 is 0 Å². The fraction of sp³-hybridized carbons (Fsp3) is 1.00. The van der Waals surface area contributed by atoms with E-state index in [0.717, 1.165) is 58.0 Å². The first-order valence-corrected chi connectivity index (χ1v) is 7.51. The Morgan fingerprint density at radius 2 is 2.17 bits per heavy atom. The first kappa shape index (κ1) is 15.9. The van der Waals surface area contributed by atoms with Gasteiger partial charge in [0.25, 0.3) is 0 Å². The second-order valence-corrected chi connectivity index (χ2v) is 6.09. The van der Waals surface area contributed by atoms with E-state index in [0.29, 0.717) is 6.04 Å². The zero-order valence-electron chi connectivity index (χ0n) is 12.6. The van der Waals surface area contributed by atoms with E-state index in [1.54, 1.807) is 0 Å². The van der Waals surface area contributed by atoms with Gasteiger partial charge in [0.2, 0.25) is 0 Å². The van der Waals surface area contributed by atoms with Crippen molar-refractivity contribution in [1.82, 2.24) is 5.32 Å². The first-order valence-electron chi connectivity index (χ1n) is 7.51. The van der Waals surface area contributed by atoms with Gasteiger partial charge >= 0.3 is 0 Å². The molecule has 2 unspecified atom stereocenters. The molecule has 0 radical (unpaired) electrons. The van der Waals surface area contributed by atoms with Gasteiger partial charge in [-0.15, -0.1) is 0 Å². The molecule has 1 aliphatic rings. The van der Waals surface area contributed by atoms with Crippen LogP contribution in [0.2, 0.25) is 0 Å². The highest BCUT2D eigenvalue weighted by Crippen LogP contribution is 2.27. The molecule has 0 saturated carbocycles. The van der Waals surface area contributed by atoms with Crippen molar-refractivity contribution in [3.05, 3.63) is 0 Å². The van der Waals surface area contributed by atoms with E-state index in [9.17, 15) is 0 Å². The van der Waals surface area contributed by atoms with Gasteiger partial charge < -0.3 is 14.8 Å². The van der Waals surface area contributed by atoms with E-state index in [1.165, 1.54) is 0 Å². The number of rotatable bonds is 8. The third-order valence-electron chi connectivity index (χ3n) is 3.86. The van der Waals surface area contributed by atoms with Crippen LogP contribution >= 0.6 is 0 Å². The number of hydrogen-bond acceptors (Lipinski definition) is 3. The van der Waals surface area contributed by atoms with Crippen molar-refractivity contribution in [3.63, 3.8) is 0 Å². The van der Waals surface area contributed by atoms with Gasteiger partial charge in [0.15, 0.2) is 0 Å². The largest absolute Gasteiger partial charge is 0.380 e. The topological polar surface area (TPSA) is 30.5 Å². The van der Waals surface area contributed by atoms with Gasteiger partial charge in [-0.3, -0.25) is 0 Å². The van der Waals surface area contributed by atoms with E-state index < -0.39 is 0 Å². The van der Waals surface area contributed by atoms with Crippen LogP contribution in [0.1, 0.15) is 53.4 Å². The van der Waals surface area contributed by atoms with Crippen LogP contribution in [0.4, 0.5) is 0 Å². The molecular weight excluding hydrogens is 226 g/mol. The van der Waals surface area contributed by atoms with Crippen molar-refractivity contribution < 1.29 is 9.47 Å². The van der Waals surface area contributed by atoms with E-state index in [-0.39, 0.29) is 5.60 Å². The summed E-state index contributed by atoms with van der Waals surface area (Å²) < 4.78 is 11.5. The SMILES string of the molecule is CCC1(C)CC(NCCOCCC(C)C)CCO1. The molecule has 0 aliphatic carbocycles. The Kier molecular flexibility index (Phi) is 7.20. The molecule has 0 amide bonds. The molecule has 1 N–H and O–H groups in total. The molecule has 1 fully saturated rings. The van der Waals surface area contributed by atoms with Gasteiger partial charge in [0.1, 0.15) is 0 Å². The van der Waals surface area contributed by atoms with E-state index in [4.69, 9.17) is 9.47 Å². The standard InChI is InChI=1S/C15H31NO2/c1-5-15(4)12-14(7-10-18-15)16-8-11-17-9-6-13(2)3/h13-14,16H,5-12H2,1-4H3. The van der Waals surface area contributed by atoms with Gasteiger partial charge in [-0.25, -0.2) is 0 Å². The molecule has 3 nitrogen and oxygen atoms in total. The van der Waals surface area contributed by atoms with E-state index in [2.05, 4.69) is 33.0 Å². The Balaban J connectivity index is 2.05. The fourth-order valence-corrected chi connectivity index (χ4v) is 2.31. The summed E-state index contributed by atoms with van der Waals surface area (Å²) in [5.41, 5.74) is 0.0778. The minimum atomic E-state index is 0.0778. The Bertz CT molecular complexity index is 221. The second-order valence-electron chi connectivity index (χ2n) is 6.09. The van der Waals surface area contributed by atoms with E-state index in [1.807, 2.05) is 0 Å². The average molecular weight is 257 g/mol. The van der Waals surface area contributed by atoms with Gasteiger partial charge in [-0.05, 0) is 38.5 Å². The van der Waals surface area contributed by atoms with Crippen molar-refractivity contribution in [2.45, 2.75) is 65.0 Å². The van der Waals surface area contributed by atoms with Crippen molar-refractivity contribution >= 4 is 0 Å². The van der Waals surface area contributed by atoms with Crippen LogP contribution < -0.4 is 5.32 Å². The third kappa shape index (κ3) is 6.17. The summed E-state index contributed by atoms with van der Waals surface area (Å²) in [5, 5.41) is 3.59. The lowest BCUT2D eigenvalue weighted by Crippen LogP contribution is -2.45. The number of ether oxygens (including phenoxy) is 2. The quantitative estimate of drug-likeness (QED) is 0.678. The van der Waals surface area contributed by atoms with Crippen LogP contribution in [0.3, 0.4) is 0 Å². The van der Waals surface area contributed by atoms with Gasteiger partial charge in [-0.1, -0.05) is 20.8 Å². The molecule has 3 heteroatoms. The lowest BCUT2D eigenvalue weighted by molar-refractivity contribution is -0.0783. The van der Waals surface area contributed by atoms with Crippen molar-refractivity contribution in [3.8, 4) is 0 Å². The summed E-state index contributed by atoms with van der Waals surface area (Å²) in [6.45, 7) is 12.5. The Morgan fingerprint density at radius 3 is 2.83 bits per heavy atom. The normalized spacial score (nSPS) is 28.8. The van der Waals surface area contributed by atoms with Crippen LogP contribution in [-0.4, -0.2) is 38.0 Å². The summed E-state index contributed by atoms with van der Waals surface area (Å²) in [6, 6.07) is 0.595. The molecule has 2 atom stereocenters. The van der Waals surface area contributed by atoms with Crippen LogP contribution in [-0.2, 0) is 9.47 Å². The minimum absolute atomic E-state index is 0.0778. The Morgan fingerprint density at radius 1 is 1.39 bits per heavy atom. The lowest BCUT2D eigenvalue weighted by Gasteiger charge is -2.38. The summed E-state index contributed by atoms with van der Waals surface area (Å²) in [5.74, 6) is 0.735. The number of hydrogen-bond donors (Lipinski definition) is 1. The van der Waals surface area contributed by atoms with Crippen molar-refractivity contribution in [2.24, 2.45) is 5.92 Å². The predicted molar refractivity (Wildman–Crippen MR) is 75.9 cm³/mol. The maximum Gasteiger partial charge on any atom is 0.0666 e. The highest BCUT2D eigenvalue weighted by atomic mass is 16.5. The van der Waals surface area contributed by atoms with Gasteiger partial charge in [0, 0.05) is 25.8 Å². The zero-order valence-corrected chi connectivity index (χ0v) is 12.6. The van der Waals surface area contributed by atoms with Crippen LogP contribution in [0.5, 0.6) is 0 Å². The summed E-state index contributed by atoms with van der Waals surface area (Å²) >= 11 is 0. The smallest absolute Gasteiger partial charge is 0.0666 e. The summed E-state index contributed by atoms with van der Waals surface area (Å²) in [4.78, 5) is 0. The van der Waals surface area contributed by atoms with Crippen LogP contribution in [0.25, 0.3) is 0 Å². The highest BCUT2D eigenvalue weighted by Gasteiger charge is 2.31. The monoisotopic (exact) mass is 257 g/mol. The number of nitrogens with one attached hydrogen (secondary N) is 1. The molecule has 0 aromatic rings. The maximum absolute atomic E-state index is 5.84. The third-order valence-corrected chi connectivity index (χ3v) is 3.86. The zero-order chi connectivity index (χ0) is 13.4. The second kappa shape index (κ2) is 8.13. The highest BCUT2D eigenvalue weighted by molar-refractivity contribution is 4.85. The van der Waals surface area contributed by atoms with Gasteiger partial charge in [-0.2, -0.15) is 0 Å². The molecule has 1 saturated heterocycles. The summed E-state index contributed by atoms with van der Waals surface area (Å²) in [7, 11) is 0. The molecule has 1 aliphatic heterocycles. The molecule has 1 heterocycles. The van der Waals surface area contributed by atoms with Crippen molar-refractivity contribution in [1.29, 1.82) is 0 Å². The Hall–Kier alpha value is -0.120. The van der Waals surface area contributed by atoms with Crippen LogP contribution in [0.15, 0.2) is 0 Å². The fourth-order valence-electron chi connectivity index (χ4n) is 2.31. The van der Waals surface area contributed by atoms with Crippen LogP contribution in [0, 0.1) is 5.92 Å². The molecule has 0 aromatic heterocycles. The maximum atomic E-state index is 5.84. The predicted octanol–water partition coefficient (Wildman–Crippen LogP) is 2.99. The van der Waals surface area contributed by atoms with Crippen molar-refractivity contribution in [2.75, 3.05) is 26.4 Å². The Labute approximate surface area is 113 Å². The lowest BCUT2D eigenvalue weighted by atomic mass is 9.90. The molecule has 0 aromatic carbocycles. The van der Waals surface area contributed by atoms with Gasteiger partial charge in [0.05, 0.1) is 12.2 Å². The molecule has 1 rings (SSSR count). The molecule has 0 spiro atoms. The molecule has 0 bridgehead atoms. The minimum Gasteiger partial charge on any atom is -0.380 e.